The molecule has 0 saturated carbocycles. The summed E-state index contributed by atoms with van der Waals surface area (Å²) in [4.78, 5) is 25.2. The van der Waals surface area contributed by atoms with Crippen molar-refractivity contribution in [2.45, 2.75) is 44.6 Å². The van der Waals surface area contributed by atoms with Gasteiger partial charge in [0.25, 0.3) is 0 Å². The average Bonchev–Trinajstić information content (AvgIpc) is 2.67. The summed E-state index contributed by atoms with van der Waals surface area (Å²) >= 11 is 0. The lowest BCUT2D eigenvalue weighted by Crippen LogP contribution is -2.46. The summed E-state index contributed by atoms with van der Waals surface area (Å²) in [6.45, 7) is 1.73. The third-order valence-corrected chi connectivity index (χ3v) is 3.20. The van der Waals surface area contributed by atoms with Gasteiger partial charge < -0.3 is 10.2 Å². The van der Waals surface area contributed by atoms with Gasteiger partial charge in [0.2, 0.25) is 11.8 Å². The highest BCUT2D eigenvalue weighted by Gasteiger charge is 2.28. The third-order valence-electron chi connectivity index (χ3n) is 3.20. The zero-order valence-corrected chi connectivity index (χ0v) is 9.00. The quantitative estimate of drug-likeness (QED) is 0.691. The van der Waals surface area contributed by atoms with E-state index < -0.39 is 0 Å². The van der Waals surface area contributed by atoms with Crippen LogP contribution in [0.3, 0.4) is 0 Å². The van der Waals surface area contributed by atoms with Crippen molar-refractivity contribution in [2.24, 2.45) is 0 Å². The Hall–Kier alpha value is -1.06. The maximum absolute atomic E-state index is 12.0. The van der Waals surface area contributed by atoms with Crippen LogP contribution >= 0.6 is 0 Å². The number of amides is 2. The van der Waals surface area contributed by atoms with Gasteiger partial charge in [0.05, 0.1) is 0 Å². The minimum absolute atomic E-state index is 0.0325. The van der Waals surface area contributed by atoms with Crippen LogP contribution < -0.4 is 5.32 Å². The van der Waals surface area contributed by atoms with E-state index >= 15 is 0 Å². The van der Waals surface area contributed by atoms with Crippen molar-refractivity contribution in [1.82, 2.24) is 10.2 Å². The molecule has 0 aromatic heterocycles. The van der Waals surface area contributed by atoms with Crippen LogP contribution in [0.25, 0.3) is 0 Å². The highest BCUT2D eigenvalue weighted by Crippen LogP contribution is 2.15. The Labute approximate surface area is 90.0 Å². The first-order chi connectivity index (χ1) is 7.27. The van der Waals surface area contributed by atoms with Gasteiger partial charge >= 0.3 is 0 Å². The Morgan fingerprint density at radius 2 is 1.93 bits per heavy atom. The number of hydrogen-bond donors (Lipinski definition) is 1. The molecule has 2 fully saturated rings. The molecule has 2 rings (SSSR count). The molecular weight excluding hydrogens is 192 g/mol. The summed E-state index contributed by atoms with van der Waals surface area (Å²) in [5.41, 5.74) is 0. The second-order valence-corrected chi connectivity index (χ2v) is 4.40. The largest absolute Gasteiger partial charge is 0.344 e. The van der Waals surface area contributed by atoms with Gasteiger partial charge in [-0.05, 0) is 25.7 Å². The molecule has 0 bridgehead atoms. The van der Waals surface area contributed by atoms with Crippen molar-refractivity contribution >= 4 is 11.8 Å². The zero-order valence-electron chi connectivity index (χ0n) is 9.00. The Morgan fingerprint density at radius 3 is 2.67 bits per heavy atom. The highest BCUT2D eigenvalue weighted by atomic mass is 16.2. The normalized spacial score (nSPS) is 27.3. The number of carbonyl (C=O) groups excluding carboxylic acids is 2. The van der Waals surface area contributed by atoms with Crippen molar-refractivity contribution < 1.29 is 9.59 Å². The highest BCUT2D eigenvalue weighted by molar-refractivity contribution is 5.88. The van der Waals surface area contributed by atoms with Crippen LogP contribution in [0.2, 0.25) is 0 Å². The molecule has 1 N–H and O–H groups in total. The first-order valence-electron chi connectivity index (χ1n) is 5.85. The van der Waals surface area contributed by atoms with Crippen LogP contribution in [0.5, 0.6) is 0 Å². The summed E-state index contributed by atoms with van der Waals surface area (Å²) < 4.78 is 0. The summed E-state index contributed by atoms with van der Waals surface area (Å²) in [6.07, 6.45) is 5.47. The van der Waals surface area contributed by atoms with Crippen molar-refractivity contribution in [2.75, 3.05) is 13.1 Å². The van der Waals surface area contributed by atoms with Crippen LogP contribution in [0.1, 0.15) is 38.5 Å². The van der Waals surface area contributed by atoms with E-state index in [0.29, 0.717) is 6.42 Å². The SMILES string of the molecule is O=C1CCCCC(C(=O)N2CCCC2)N1. The smallest absolute Gasteiger partial charge is 0.245 e. The van der Waals surface area contributed by atoms with Gasteiger partial charge in [-0.2, -0.15) is 0 Å². The summed E-state index contributed by atoms with van der Waals surface area (Å²) in [6, 6.07) is -0.252. The van der Waals surface area contributed by atoms with Gasteiger partial charge in [-0.15, -0.1) is 0 Å². The number of hydrogen-bond acceptors (Lipinski definition) is 2. The first kappa shape index (κ1) is 10.5. The second kappa shape index (κ2) is 4.64. The van der Waals surface area contributed by atoms with Gasteiger partial charge in [-0.25, -0.2) is 0 Å². The van der Waals surface area contributed by atoms with Crippen LogP contribution in [-0.2, 0) is 9.59 Å². The Bertz CT molecular complexity index is 259. The molecule has 0 radical (unpaired) electrons. The second-order valence-electron chi connectivity index (χ2n) is 4.40. The summed E-state index contributed by atoms with van der Waals surface area (Å²) in [7, 11) is 0. The predicted octanol–water partition coefficient (Wildman–Crippen LogP) is 0.668. The third kappa shape index (κ3) is 2.49. The van der Waals surface area contributed by atoms with E-state index in [-0.39, 0.29) is 17.9 Å². The fourth-order valence-corrected chi connectivity index (χ4v) is 2.32. The van der Waals surface area contributed by atoms with Crippen molar-refractivity contribution in [3.63, 3.8) is 0 Å². The lowest BCUT2D eigenvalue weighted by atomic mass is 10.1. The lowest BCUT2D eigenvalue weighted by molar-refractivity contribution is -0.135. The maximum atomic E-state index is 12.0. The average molecular weight is 210 g/mol. The van der Waals surface area contributed by atoms with Crippen LogP contribution in [0.15, 0.2) is 0 Å². The van der Waals surface area contributed by atoms with E-state index in [1.54, 1.807) is 0 Å². The molecule has 0 aliphatic carbocycles. The molecule has 2 amide bonds. The molecule has 4 nitrogen and oxygen atoms in total. The minimum Gasteiger partial charge on any atom is -0.344 e. The van der Waals surface area contributed by atoms with Crippen molar-refractivity contribution in [3.05, 3.63) is 0 Å². The van der Waals surface area contributed by atoms with Crippen molar-refractivity contribution in [3.8, 4) is 0 Å². The van der Waals surface area contributed by atoms with E-state index in [4.69, 9.17) is 0 Å². The number of likely N-dealkylation sites (tertiary alicyclic amines) is 1. The Balaban J connectivity index is 1.95. The molecular formula is C11H18N2O2. The molecule has 1 unspecified atom stereocenters. The zero-order chi connectivity index (χ0) is 10.7. The van der Waals surface area contributed by atoms with E-state index in [2.05, 4.69) is 5.32 Å². The molecule has 4 heteroatoms. The Morgan fingerprint density at radius 1 is 1.20 bits per heavy atom. The molecule has 0 aromatic rings. The monoisotopic (exact) mass is 210 g/mol. The van der Waals surface area contributed by atoms with E-state index in [1.807, 2.05) is 4.90 Å². The predicted molar refractivity (Wildman–Crippen MR) is 56.2 cm³/mol. The molecule has 2 aliphatic rings. The first-order valence-corrected chi connectivity index (χ1v) is 5.85. The fourth-order valence-electron chi connectivity index (χ4n) is 2.32. The maximum Gasteiger partial charge on any atom is 0.245 e. The van der Waals surface area contributed by atoms with Crippen LogP contribution in [-0.4, -0.2) is 35.8 Å². The van der Waals surface area contributed by atoms with Gasteiger partial charge in [0.15, 0.2) is 0 Å². The summed E-state index contributed by atoms with van der Waals surface area (Å²) in [5.74, 6) is 0.160. The molecule has 2 saturated heterocycles. The topological polar surface area (TPSA) is 49.4 Å². The van der Waals surface area contributed by atoms with E-state index in [0.717, 1.165) is 45.2 Å². The fraction of sp³-hybridized carbons (Fsp3) is 0.818. The van der Waals surface area contributed by atoms with Crippen LogP contribution in [0, 0.1) is 0 Å². The molecule has 84 valence electrons. The van der Waals surface area contributed by atoms with E-state index in [9.17, 15) is 9.59 Å². The molecule has 15 heavy (non-hydrogen) atoms. The van der Waals surface area contributed by atoms with Crippen LogP contribution in [0.4, 0.5) is 0 Å². The molecule has 2 aliphatic heterocycles. The lowest BCUT2D eigenvalue weighted by Gasteiger charge is -2.22. The number of rotatable bonds is 1. The van der Waals surface area contributed by atoms with E-state index in [1.165, 1.54) is 0 Å². The molecule has 0 spiro atoms. The summed E-state index contributed by atoms with van der Waals surface area (Å²) in [5, 5.41) is 2.83. The molecule has 0 aromatic carbocycles. The Kier molecular flexibility index (Phi) is 3.23. The molecule has 2 heterocycles. The van der Waals surface area contributed by atoms with Gasteiger partial charge in [-0.3, -0.25) is 9.59 Å². The molecule has 1 atom stereocenters. The number of nitrogens with one attached hydrogen (secondary N) is 1. The number of nitrogens with zero attached hydrogens (tertiary/aromatic N) is 1. The van der Waals surface area contributed by atoms with Gasteiger partial charge in [-0.1, -0.05) is 6.42 Å². The van der Waals surface area contributed by atoms with Gasteiger partial charge in [0.1, 0.15) is 6.04 Å². The van der Waals surface area contributed by atoms with Crippen molar-refractivity contribution in [1.29, 1.82) is 0 Å². The minimum atomic E-state index is -0.252. The number of carbonyl (C=O) groups is 2. The van der Waals surface area contributed by atoms with Gasteiger partial charge in [0, 0.05) is 19.5 Å². The standard InChI is InChI=1S/C11H18N2O2/c14-10-6-2-1-5-9(12-10)11(15)13-7-3-4-8-13/h9H,1-8H2,(H,12,14).